The highest BCUT2D eigenvalue weighted by Crippen LogP contribution is 2.29. The van der Waals surface area contributed by atoms with Crippen molar-refractivity contribution in [3.63, 3.8) is 0 Å². The SMILES string of the molecule is Cc1ccc(C(=O)COC(=O)c2ccc(N3C(=O)CC(N4CCc5ccccc5C4)C3=O)cc2)cc1. The highest BCUT2D eigenvalue weighted by molar-refractivity contribution is 6.22. The molecule has 36 heavy (non-hydrogen) atoms. The predicted octanol–water partition coefficient (Wildman–Crippen LogP) is 3.72. The van der Waals surface area contributed by atoms with Gasteiger partial charge in [0.15, 0.2) is 12.4 Å². The number of esters is 1. The van der Waals surface area contributed by atoms with Crippen LogP contribution in [0.15, 0.2) is 72.8 Å². The minimum absolute atomic E-state index is 0.131. The van der Waals surface area contributed by atoms with Crippen molar-refractivity contribution in [3.8, 4) is 0 Å². The molecule has 7 heteroatoms. The molecule has 1 saturated heterocycles. The molecule has 1 atom stereocenters. The summed E-state index contributed by atoms with van der Waals surface area (Å²) in [5, 5.41) is 0. The number of aryl methyl sites for hydroxylation is 1. The monoisotopic (exact) mass is 482 g/mol. The number of carbonyl (C=O) groups is 4. The number of amides is 2. The van der Waals surface area contributed by atoms with E-state index in [2.05, 4.69) is 17.0 Å². The van der Waals surface area contributed by atoms with Crippen LogP contribution in [0.4, 0.5) is 5.69 Å². The molecule has 0 saturated carbocycles. The maximum absolute atomic E-state index is 13.2. The summed E-state index contributed by atoms with van der Waals surface area (Å²) in [6.45, 7) is 2.92. The lowest BCUT2D eigenvalue weighted by Crippen LogP contribution is -2.44. The number of Topliss-reactive ketones (excluding diaryl/α,β-unsaturated/α-hetero) is 1. The molecule has 0 bridgehead atoms. The zero-order valence-corrected chi connectivity index (χ0v) is 20.0. The summed E-state index contributed by atoms with van der Waals surface area (Å²) >= 11 is 0. The lowest BCUT2D eigenvalue weighted by molar-refractivity contribution is -0.123. The molecule has 7 nitrogen and oxygen atoms in total. The second-order valence-corrected chi connectivity index (χ2v) is 9.19. The third kappa shape index (κ3) is 4.70. The van der Waals surface area contributed by atoms with E-state index < -0.39 is 12.0 Å². The molecule has 1 unspecified atom stereocenters. The average molecular weight is 483 g/mol. The van der Waals surface area contributed by atoms with Gasteiger partial charge in [0.2, 0.25) is 5.91 Å². The Kier molecular flexibility index (Phi) is 6.48. The fourth-order valence-corrected chi connectivity index (χ4v) is 4.74. The van der Waals surface area contributed by atoms with Crippen molar-refractivity contribution in [3.05, 3.63) is 101 Å². The first-order valence-electron chi connectivity index (χ1n) is 12.0. The molecule has 2 amide bonds. The van der Waals surface area contributed by atoms with Gasteiger partial charge in [-0.05, 0) is 48.7 Å². The van der Waals surface area contributed by atoms with Gasteiger partial charge >= 0.3 is 5.97 Å². The van der Waals surface area contributed by atoms with Crippen LogP contribution in [0.2, 0.25) is 0 Å². The highest BCUT2D eigenvalue weighted by Gasteiger charge is 2.43. The first-order valence-corrected chi connectivity index (χ1v) is 12.0. The first kappa shape index (κ1) is 23.6. The van der Waals surface area contributed by atoms with E-state index in [-0.39, 0.29) is 36.2 Å². The summed E-state index contributed by atoms with van der Waals surface area (Å²) < 4.78 is 5.16. The Morgan fingerprint density at radius 1 is 0.889 bits per heavy atom. The van der Waals surface area contributed by atoms with E-state index in [0.717, 1.165) is 18.5 Å². The lowest BCUT2D eigenvalue weighted by atomic mass is 9.98. The van der Waals surface area contributed by atoms with Crippen molar-refractivity contribution in [2.24, 2.45) is 0 Å². The van der Waals surface area contributed by atoms with Gasteiger partial charge in [-0.15, -0.1) is 0 Å². The number of anilines is 1. The summed E-state index contributed by atoms with van der Waals surface area (Å²) in [5.41, 5.74) is 4.63. The highest BCUT2D eigenvalue weighted by atomic mass is 16.5. The molecule has 0 spiro atoms. The number of imide groups is 1. The Bertz CT molecular complexity index is 1330. The zero-order valence-electron chi connectivity index (χ0n) is 20.0. The minimum atomic E-state index is -0.647. The van der Waals surface area contributed by atoms with Crippen LogP contribution in [0.5, 0.6) is 0 Å². The number of rotatable bonds is 6. The van der Waals surface area contributed by atoms with Crippen molar-refractivity contribution in [2.75, 3.05) is 18.1 Å². The number of carbonyl (C=O) groups excluding carboxylic acids is 4. The third-order valence-electron chi connectivity index (χ3n) is 6.79. The summed E-state index contributed by atoms with van der Waals surface area (Å²) in [6.07, 6.45) is 0.975. The van der Waals surface area contributed by atoms with Crippen molar-refractivity contribution in [1.29, 1.82) is 0 Å². The maximum atomic E-state index is 13.2. The van der Waals surface area contributed by atoms with Crippen molar-refractivity contribution >= 4 is 29.3 Å². The van der Waals surface area contributed by atoms with E-state index >= 15 is 0 Å². The molecular weight excluding hydrogens is 456 g/mol. The van der Waals surface area contributed by atoms with Gasteiger partial charge in [-0.25, -0.2) is 9.69 Å². The predicted molar refractivity (Wildman–Crippen MR) is 134 cm³/mol. The molecule has 0 aromatic heterocycles. The number of benzene rings is 3. The van der Waals surface area contributed by atoms with Crippen molar-refractivity contribution in [2.45, 2.75) is 32.4 Å². The second kappa shape index (κ2) is 9.87. The van der Waals surface area contributed by atoms with Crippen LogP contribution in [-0.4, -0.2) is 47.7 Å². The molecule has 3 aromatic carbocycles. The molecule has 0 radical (unpaired) electrons. The average Bonchev–Trinajstić information content (AvgIpc) is 3.20. The van der Waals surface area contributed by atoms with Gasteiger partial charge in [0, 0.05) is 18.7 Å². The minimum Gasteiger partial charge on any atom is -0.454 e. The summed E-state index contributed by atoms with van der Waals surface area (Å²) in [6, 6.07) is 20.8. The lowest BCUT2D eigenvalue weighted by Gasteiger charge is -2.32. The van der Waals surface area contributed by atoms with Gasteiger partial charge in [-0.2, -0.15) is 0 Å². The van der Waals surface area contributed by atoms with E-state index in [9.17, 15) is 19.2 Å². The summed E-state index contributed by atoms with van der Waals surface area (Å²) in [7, 11) is 0. The Morgan fingerprint density at radius 3 is 2.28 bits per heavy atom. The van der Waals surface area contributed by atoms with Crippen molar-refractivity contribution < 1.29 is 23.9 Å². The van der Waals surface area contributed by atoms with E-state index in [1.165, 1.54) is 28.2 Å². The standard InChI is InChI=1S/C29H26N2O5/c1-19-6-8-21(9-7-19)26(32)18-36-29(35)22-10-12-24(13-11-22)31-27(33)16-25(28(31)34)30-15-14-20-4-2-3-5-23(20)17-30/h2-13,25H,14-18H2,1H3. The van der Waals surface area contributed by atoms with Gasteiger partial charge in [0.05, 0.1) is 23.7 Å². The van der Waals surface area contributed by atoms with Crippen LogP contribution < -0.4 is 4.90 Å². The number of hydrogen-bond acceptors (Lipinski definition) is 6. The topological polar surface area (TPSA) is 84.0 Å². The fraction of sp³-hybridized carbons (Fsp3) is 0.241. The Hall–Kier alpha value is -4.10. The Balaban J connectivity index is 1.22. The molecule has 0 N–H and O–H groups in total. The van der Waals surface area contributed by atoms with Gasteiger partial charge < -0.3 is 4.74 Å². The van der Waals surface area contributed by atoms with E-state index in [1.807, 2.05) is 31.2 Å². The second-order valence-electron chi connectivity index (χ2n) is 9.19. The van der Waals surface area contributed by atoms with Gasteiger partial charge in [-0.1, -0.05) is 54.1 Å². The van der Waals surface area contributed by atoms with E-state index in [0.29, 0.717) is 17.8 Å². The van der Waals surface area contributed by atoms with Gasteiger partial charge in [0.25, 0.3) is 5.91 Å². The molecule has 1 fully saturated rings. The van der Waals surface area contributed by atoms with E-state index in [1.54, 1.807) is 24.3 Å². The van der Waals surface area contributed by atoms with Gasteiger partial charge in [0.1, 0.15) is 0 Å². The first-order chi connectivity index (χ1) is 17.4. The maximum Gasteiger partial charge on any atom is 0.338 e. The molecular formula is C29H26N2O5. The molecule has 5 rings (SSSR count). The fourth-order valence-electron chi connectivity index (χ4n) is 4.74. The summed E-state index contributed by atoms with van der Waals surface area (Å²) in [5.74, 6) is -1.45. The largest absolute Gasteiger partial charge is 0.454 e. The number of ether oxygens (including phenoxy) is 1. The smallest absolute Gasteiger partial charge is 0.338 e. The molecule has 182 valence electrons. The number of ketones is 1. The number of nitrogens with zero attached hydrogens (tertiary/aromatic N) is 2. The zero-order chi connectivity index (χ0) is 25.2. The normalized spacial score (nSPS) is 17.7. The van der Waals surface area contributed by atoms with Crippen LogP contribution in [0.1, 0.15) is 43.8 Å². The van der Waals surface area contributed by atoms with Crippen LogP contribution in [0, 0.1) is 6.92 Å². The van der Waals surface area contributed by atoms with Crippen LogP contribution in [0.3, 0.4) is 0 Å². The van der Waals surface area contributed by atoms with E-state index in [4.69, 9.17) is 4.74 Å². The Labute approximate surface area is 209 Å². The van der Waals surface area contributed by atoms with Crippen LogP contribution >= 0.6 is 0 Å². The molecule has 2 heterocycles. The number of hydrogen-bond donors (Lipinski definition) is 0. The quantitative estimate of drug-likeness (QED) is 0.303. The van der Waals surface area contributed by atoms with Crippen molar-refractivity contribution in [1.82, 2.24) is 4.90 Å². The molecule has 2 aliphatic heterocycles. The summed E-state index contributed by atoms with van der Waals surface area (Å²) in [4.78, 5) is 53.9. The third-order valence-corrected chi connectivity index (χ3v) is 6.79. The van der Waals surface area contributed by atoms with Crippen LogP contribution in [0.25, 0.3) is 0 Å². The number of fused-ring (bicyclic) bond motifs is 1. The molecule has 0 aliphatic carbocycles. The van der Waals surface area contributed by atoms with Gasteiger partial charge in [-0.3, -0.25) is 19.3 Å². The molecule has 2 aliphatic rings. The molecule has 3 aromatic rings. The Morgan fingerprint density at radius 2 is 1.56 bits per heavy atom. The van der Waals surface area contributed by atoms with Crippen LogP contribution in [-0.2, 0) is 27.3 Å².